The molecule has 1 aliphatic carbocycles. The summed E-state index contributed by atoms with van der Waals surface area (Å²) in [7, 11) is 0. The van der Waals surface area contributed by atoms with Crippen molar-refractivity contribution in [2.24, 2.45) is 16.7 Å². The van der Waals surface area contributed by atoms with Crippen LogP contribution in [0.5, 0.6) is 0 Å². The highest BCUT2D eigenvalue weighted by Crippen LogP contribution is 2.41. The van der Waals surface area contributed by atoms with Crippen LogP contribution in [0.1, 0.15) is 33.1 Å². The van der Waals surface area contributed by atoms with Gasteiger partial charge in [0, 0.05) is 13.1 Å². The monoisotopic (exact) mass is 241 g/mol. The van der Waals surface area contributed by atoms with E-state index in [4.69, 9.17) is 9.84 Å². The minimum atomic E-state index is -0.738. The third kappa shape index (κ3) is 2.47. The molecule has 1 aliphatic heterocycles. The van der Waals surface area contributed by atoms with Crippen LogP contribution in [0.4, 0.5) is 0 Å². The van der Waals surface area contributed by atoms with Crippen LogP contribution in [-0.2, 0) is 9.53 Å². The van der Waals surface area contributed by atoms with Crippen molar-refractivity contribution >= 4 is 5.97 Å². The van der Waals surface area contributed by atoms with Crippen molar-refractivity contribution < 1.29 is 14.6 Å². The average molecular weight is 241 g/mol. The van der Waals surface area contributed by atoms with E-state index in [2.05, 4.69) is 19.2 Å². The Bertz CT molecular complexity index is 293. The van der Waals surface area contributed by atoms with Crippen molar-refractivity contribution in [2.75, 3.05) is 26.3 Å². The Morgan fingerprint density at radius 3 is 2.47 bits per heavy atom. The van der Waals surface area contributed by atoms with Gasteiger partial charge in [-0.2, -0.15) is 0 Å². The summed E-state index contributed by atoms with van der Waals surface area (Å²) < 4.78 is 5.04. The van der Waals surface area contributed by atoms with Crippen LogP contribution in [0.15, 0.2) is 0 Å². The van der Waals surface area contributed by atoms with Gasteiger partial charge >= 0.3 is 5.97 Å². The zero-order valence-corrected chi connectivity index (χ0v) is 10.8. The largest absolute Gasteiger partial charge is 0.481 e. The van der Waals surface area contributed by atoms with Crippen molar-refractivity contribution in [3.05, 3.63) is 0 Å². The van der Waals surface area contributed by atoms with Gasteiger partial charge in [-0.1, -0.05) is 20.3 Å². The molecule has 4 nitrogen and oxygen atoms in total. The zero-order chi connectivity index (χ0) is 12.5. The highest BCUT2D eigenvalue weighted by atomic mass is 16.5. The van der Waals surface area contributed by atoms with Gasteiger partial charge in [-0.15, -0.1) is 0 Å². The lowest BCUT2D eigenvalue weighted by Crippen LogP contribution is -2.56. The molecule has 0 aromatic rings. The Morgan fingerprint density at radius 1 is 1.47 bits per heavy atom. The van der Waals surface area contributed by atoms with E-state index in [1.165, 1.54) is 19.3 Å². The molecule has 1 heterocycles. The van der Waals surface area contributed by atoms with Gasteiger partial charge in [0.2, 0.25) is 0 Å². The van der Waals surface area contributed by atoms with Crippen molar-refractivity contribution in [3.8, 4) is 0 Å². The average Bonchev–Trinajstić information content (AvgIpc) is 2.04. The van der Waals surface area contributed by atoms with Crippen molar-refractivity contribution in [3.63, 3.8) is 0 Å². The molecule has 0 radical (unpaired) electrons. The number of ether oxygens (including phenoxy) is 1. The number of nitrogens with one attached hydrogen (secondary N) is 1. The Balaban J connectivity index is 1.76. The van der Waals surface area contributed by atoms with Gasteiger partial charge in [0.15, 0.2) is 0 Å². The Kier molecular flexibility index (Phi) is 3.46. The van der Waals surface area contributed by atoms with Crippen LogP contribution in [0, 0.1) is 16.7 Å². The summed E-state index contributed by atoms with van der Waals surface area (Å²) in [5.41, 5.74) is -0.391. The first-order chi connectivity index (χ1) is 7.96. The third-order valence-electron chi connectivity index (χ3n) is 4.46. The maximum Gasteiger partial charge on any atom is 0.315 e. The van der Waals surface area contributed by atoms with Crippen LogP contribution in [-0.4, -0.2) is 37.4 Å². The van der Waals surface area contributed by atoms with E-state index in [1.807, 2.05) is 0 Å². The minimum Gasteiger partial charge on any atom is -0.481 e. The lowest BCUT2D eigenvalue weighted by Gasteiger charge is -2.42. The predicted molar refractivity (Wildman–Crippen MR) is 64.9 cm³/mol. The molecule has 98 valence electrons. The summed E-state index contributed by atoms with van der Waals surface area (Å²) >= 11 is 0. The number of hydrogen-bond donors (Lipinski definition) is 2. The van der Waals surface area contributed by atoms with E-state index < -0.39 is 11.4 Å². The normalized spacial score (nSPS) is 23.9. The van der Waals surface area contributed by atoms with Crippen LogP contribution in [0.25, 0.3) is 0 Å². The molecule has 2 N–H and O–H groups in total. The topological polar surface area (TPSA) is 58.6 Å². The van der Waals surface area contributed by atoms with E-state index in [1.54, 1.807) is 0 Å². The minimum absolute atomic E-state index is 0.280. The van der Waals surface area contributed by atoms with E-state index in [0.717, 1.165) is 12.5 Å². The molecule has 0 bridgehead atoms. The van der Waals surface area contributed by atoms with Crippen LogP contribution < -0.4 is 5.32 Å². The SMILES string of the molecule is CC(C)(CNCC1(C(=O)O)COC1)C1CCC1. The van der Waals surface area contributed by atoms with Crippen LogP contribution in [0.3, 0.4) is 0 Å². The molecule has 4 heteroatoms. The fourth-order valence-electron chi connectivity index (χ4n) is 2.61. The first kappa shape index (κ1) is 12.8. The molecule has 0 spiro atoms. The molecule has 17 heavy (non-hydrogen) atoms. The maximum absolute atomic E-state index is 11.1. The molecule has 0 aromatic heterocycles. The summed E-state index contributed by atoms with van der Waals surface area (Å²) in [5, 5.41) is 12.5. The molecule has 1 saturated carbocycles. The molecule has 0 atom stereocenters. The number of carbonyl (C=O) groups is 1. The molecule has 0 unspecified atom stereocenters. The van der Waals surface area contributed by atoms with Crippen molar-refractivity contribution in [1.29, 1.82) is 0 Å². The fourth-order valence-corrected chi connectivity index (χ4v) is 2.61. The molecule has 0 amide bonds. The maximum atomic E-state index is 11.1. The number of carboxylic acid groups (broad SMARTS) is 1. The quantitative estimate of drug-likeness (QED) is 0.740. The molecule has 0 aromatic carbocycles. The van der Waals surface area contributed by atoms with Gasteiger partial charge in [0.25, 0.3) is 0 Å². The standard InChI is InChI=1S/C13H23NO3/c1-12(2,10-4-3-5-10)6-14-7-13(11(15)16)8-17-9-13/h10,14H,3-9H2,1-2H3,(H,15,16). The predicted octanol–water partition coefficient (Wildman–Crippen LogP) is 1.50. The lowest BCUT2D eigenvalue weighted by atomic mass is 9.67. The van der Waals surface area contributed by atoms with Crippen molar-refractivity contribution in [1.82, 2.24) is 5.32 Å². The van der Waals surface area contributed by atoms with Gasteiger partial charge in [-0.3, -0.25) is 4.79 Å². The number of hydrogen-bond acceptors (Lipinski definition) is 3. The summed E-state index contributed by atoms with van der Waals surface area (Å²) in [5.74, 6) is 0.0612. The highest BCUT2D eigenvalue weighted by molar-refractivity contribution is 5.76. The molecule has 2 fully saturated rings. The second-order valence-corrected chi connectivity index (χ2v) is 6.30. The van der Waals surface area contributed by atoms with E-state index in [0.29, 0.717) is 19.8 Å². The number of rotatable bonds is 6. The molecular formula is C13H23NO3. The number of carboxylic acids is 1. The van der Waals surface area contributed by atoms with Gasteiger partial charge in [0.1, 0.15) is 5.41 Å². The number of aliphatic carboxylic acids is 1. The Hall–Kier alpha value is -0.610. The molecule has 1 saturated heterocycles. The summed E-state index contributed by atoms with van der Waals surface area (Å²) in [6.45, 7) is 6.66. The van der Waals surface area contributed by atoms with E-state index >= 15 is 0 Å². The Labute approximate surface area is 103 Å². The zero-order valence-electron chi connectivity index (χ0n) is 10.8. The summed E-state index contributed by atoms with van der Waals surface area (Å²) in [6, 6.07) is 0. The lowest BCUT2D eigenvalue weighted by molar-refractivity contribution is -0.178. The van der Waals surface area contributed by atoms with Crippen LogP contribution in [0.2, 0.25) is 0 Å². The van der Waals surface area contributed by atoms with Gasteiger partial charge in [-0.05, 0) is 24.2 Å². The van der Waals surface area contributed by atoms with Gasteiger partial charge < -0.3 is 15.2 Å². The summed E-state index contributed by atoms with van der Waals surface area (Å²) in [6.07, 6.45) is 3.99. The van der Waals surface area contributed by atoms with Gasteiger partial charge in [-0.25, -0.2) is 0 Å². The smallest absolute Gasteiger partial charge is 0.315 e. The summed E-state index contributed by atoms with van der Waals surface area (Å²) in [4.78, 5) is 11.1. The highest BCUT2D eigenvalue weighted by Gasteiger charge is 2.46. The Morgan fingerprint density at radius 2 is 2.12 bits per heavy atom. The van der Waals surface area contributed by atoms with Gasteiger partial charge in [0.05, 0.1) is 13.2 Å². The first-order valence-electron chi connectivity index (χ1n) is 6.48. The van der Waals surface area contributed by atoms with Crippen molar-refractivity contribution in [2.45, 2.75) is 33.1 Å². The second kappa shape index (κ2) is 4.58. The van der Waals surface area contributed by atoms with E-state index in [9.17, 15) is 4.79 Å². The molecule has 2 rings (SSSR count). The van der Waals surface area contributed by atoms with Crippen LogP contribution >= 0.6 is 0 Å². The fraction of sp³-hybridized carbons (Fsp3) is 0.923. The van der Waals surface area contributed by atoms with E-state index in [-0.39, 0.29) is 5.41 Å². The first-order valence-corrected chi connectivity index (χ1v) is 6.48. The molecular weight excluding hydrogens is 218 g/mol. The second-order valence-electron chi connectivity index (χ2n) is 6.30. The molecule has 2 aliphatic rings. The third-order valence-corrected chi connectivity index (χ3v) is 4.46.